The zero-order chi connectivity index (χ0) is 16.3. The highest BCUT2D eigenvalue weighted by Crippen LogP contribution is 2.49. The molecular formula is C23H21N. The number of nitrogens with zero attached hydrogens (tertiary/aromatic N) is 1. The molecule has 5 rings (SSSR count). The van der Waals surface area contributed by atoms with Gasteiger partial charge in [-0.25, -0.2) is 0 Å². The minimum absolute atomic E-state index is 0.355. The second-order valence-electron chi connectivity index (χ2n) is 7.09. The Morgan fingerprint density at radius 1 is 0.750 bits per heavy atom. The molecule has 118 valence electrons. The van der Waals surface area contributed by atoms with Gasteiger partial charge in [0.2, 0.25) is 0 Å². The van der Waals surface area contributed by atoms with Crippen molar-refractivity contribution < 1.29 is 0 Å². The summed E-state index contributed by atoms with van der Waals surface area (Å²) in [5, 5.41) is 0. The Morgan fingerprint density at radius 2 is 1.38 bits per heavy atom. The van der Waals surface area contributed by atoms with Crippen LogP contribution in [0.3, 0.4) is 0 Å². The Labute approximate surface area is 143 Å². The van der Waals surface area contributed by atoms with Crippen LogP contribution in [-0.4, -0.2) is 18.5 Å². The molecule has 0 saturated heterocycles. The maximum Gasteiger partial charge on any atom is 0.0617 e. The lowest BCUT2D eigenvalue weighted by Crippen LogP contribution is -2.33. The fourth-order valence-corrected chi connectivity index (χ4v) is 4.63. The van der Waals surface area contributed by atoms with E-state index in [-0.39, 0.29) is 0 Å². The van der Waals surface area contributed by atoms with Crippen LogP contribution in [0.15, 0.2) is 60.7 Å². The first kappa shape index (κ1) is 14.0. The molecule has 0 N–H and O–H groups in total. The van der Waals surface area contributed by atoms with Crippen molar-refractivity contribution in [2.45, 2.75) is 19.4 Å². The van der Waals surface area contributed by atoms with Gasteiger partial charge < -0.3 is 0 Å². The van der Waals surface area contributed by atoms with Crippen molar-refractivity contribution in [3.63, 3.8) is 0 Å². The van der Waals surface area contributed by atoms with Gasteiger partial charge in [0, 0.05) is 6.54 Å². The lowest BCUT2D eigenvalue weighted by molar-refractivity contribution is 0.265. The van der Waals surface area contributed by atoms with Crippen molar-refractivity contribution in [2.75, 3.05) is 13.6 Å². The van der Waals surface area contributed by atoms with Gasteiger partial charge in [0.15, 0.2) is 0 Å². The van der Waals surface area contributed by atoms with Gasteiger partial charge in [-0.1, -0.05) is 60.7 Å². The molecule has 2 aliphatic rings. The predicted octanol–water partition coefficient (Wildman–Crippen LogP) is 5.22. The molecule has 0 saturated carbocycles. The van der Waals surface area contributed by atoms with Gasteiger partial charge in [-0.15, -0.1) is 0 Å². The molecule has 0 radical (unpaired) electrons. The number of aryl methyl sites for hydroxylation is 1. The van der Waals surface area contributed by atoms with E-state index in [9.17, 15) is 0 Å². The summed E-state index contributed by atoms with van der Waals surface area (Å²) in [6, 6.07) is 22.9. The average molecular weight is 311 g/mol. The molecule has 0 bridgehead atoms. The number of hydrogen-bond acceptors (Lipinski definition) is 1. The second kappa shape index (κ2) is 5.06. The summed E-state index contributed by atoms with van der Waals surface area (Å²) in [6.07, 6.45) is 1.14. The summed E-state index contributed by atoms with van der Waals surface area (Å²) in [7, 11) is 2.27. The van der Waals surface area contributed by atoms with E-state index in [4.69, 9.17) is 0 Å². The molecular weight excluding hydrogens is 290 g/mol. The third-order valence-electron chi connectivity index (χ3n) is 5.75. The van der Waals surface area contributed by atoms with E-state index < -0.39 is 0 Å². The Balaban J connectivity index is 1.99. The van der Waals surface area contributed by atoms with Crippen molar-refractivity contribution in [1.82, 2.24) is 4.90 Å². The monoisotopic (exact) mass is 311 g/mol. The topological polar surface area (TPSA) is 3.24 Å². The first-order valence-electron chi connectivity index (χ1n) is 8.77. The van der Waals surface area contributed by atoms with E-state index in [1.54, 1.807) is 0 Å². The normalized spacial score (nSPS) is 18.3. The molecule has 1 heterocycles. The molecule has 24 heavy (non-hydrogen) atoms. The third-order valence-corrected chi connectivity index (χ3v) is 5.75. The zero-order valence-electron chi connectivity index (χ0n) is 14.2. The van der Waals surface area contributed by atoms with Gasteiger partial charge in [-0.3, -0.25) is 4.90 Å². The van der Waals surface area contributed by atoms with Crippen molar-refractivity contribution in [1.29, 1.82) is 0 Å². The first-order valence-corrected chi connectivity index (χ1v) is 8.77. The van der Waals surface area contributed by atoms with E-state index >= 15 is 0 Å². The molecule has 0 fully saturated rings. The van der Waals surface area contributed by atoms with Gasteiger partial charge in [0.1, 0.15) is 0 Å². The minimum atomic E-state index is 0.355. The standard InChI is InChI=1S/C23H21N/c1-15-7-5-11-19-17-9-3-4-10-18(17)20-12-6-8-16-13-14-24(2)23(21(15)19)22(16)20/h3-12,23H,13-14H2,1-2H3. The molecule has 3 aromatic carbocycles. The lowest BCUT2D eigenvalue weighted by atomic mass is 9.83. The molecule has 0 amide bonds. The van der Waals surface area contributed by atoms with Gasteiger partial charge in [-0.05, 0) is 64.9 Å². The summed E-state index contributed by atoms with van der Waals surface area (Å²) < 4.78 is 0. The Kier molecular flexibility index (Phi) is 2.95. The summed E-state index contributed by atoms with van der Waals surface area (Å²) in [5.41, 5.74) is 11.5. The van der Waals surface area contributed by atoms with Crippen molar-refractivity contribution in [3.05, 3.63) is 82.9 Å². The maximum atomic E-state index is 2.53. The highest BCUT2D eigenvalue weighted by Gasteiger charge is 2.34. The smallest absolute Gasteiger partial charge is 0.0617 e. The van der Waals surface area contributed by atoms with E-state index in [2.05, 4.69) is 79.5 Å². The van der Waals surface area contributed by atoms with Crippen LogP contribution < -0.4 is 0 Å². The maximum absolute atomic E-state index is 2.53. The number of likely N-dealkylation sites (N-methyl/N-ethyl adjacent to an activating group) is 1. The second-order valence-corrected chi connectivity index (χ2v) is 7.09. The van der Waals surface area contributed by atoms with Crippen LogP contribution in [0.25, 0.3) is 22.3 Å². The molecule has 0 aromatic heterocycles. The molecule has 1 unspecified atom stereocenters. The van der Waals surface area contributed by atoms with E-state index in [1.165, 1.54) is 44.5 Å². The Morgan fingerprint density at radius 3 is 2.12 bits per heavy atom. The van der Waals surface area contributed by atoms with Gasteiger partial charge in [0.05, 0.1) is 6.04 Å². The molecule has 1 aliphatic carbocycles. The summed E-state index contributed by atoms with van der Waals surface area (Å²) >= 11 is 0. The van der Waals surface area contributed by atoms with Crippen LogP contribution in [0.5, 0.6) is 0 Å². The Hall–Kier alpha value is -2.38. The number of hydrogen-bond donors (Lipinski definition) is 0. The zero-order valence-corrected chi connectivity index (χ0v) is 14.2. The SMILES string of the molecule is Cc1cccc2c1C1c3c(cccc3-c3ccccc3-2)CCN1C. The van der Waals surface area contributed by atoms with E-state index in [0.717, 1.165) is 13.0 Å². The van der Waals surface area contributed by atoms with Crippen LogP contribution in [0.1, 0.15) is 28.3 Å². The quantitative estimate of drug-likeness (QED) is 0.550. The first-order chi connectivity index (χ1) is 11.8. The summed E-state index contributed by atoms with van der Waals surface area (Å²) in [5.74, 6) is 0. The van der Waals surface area contributed by atoms with Gasteiger partial charge in [-0.2, -0.15) is 0 Å². The third kappa shape index (κ3) is 1.79. The molecule has 1 heteroatoms. The van der Waals surface area contributed by atoms with Gasteiger partial charge in [0.25, 0.3) is 0 Å². The summed E-state index contributed by atoms with van der Waals surface area (Å²) in [4.78, 5) is 2.53. The minimum Gasteiger partial charge on any atom is -0.295 e. The molecule has 0 spiro atoms. The van der Waals surface area contributed by atoms with Crippen molar-refractivity contribution >= 4 is 0 Å². The van der Waals surface area contributed by atoms with E-state index in [1.807, 2.05) is 0 Å². The molecule has 1 atom stereocenters. The number of rotatable bonds is 0. The van der Waals surface area contributed by atoms with Crippen molar-refractivity contribution in [2.24, 2.45) is 0 Å². The lowest BCUT2D eigenvalue weighted by Gasteiger charge is -2.37. The molecule has 1 nitrogen and oxygen atoms in total. The highest BCUT2D eigenvalue weighted by molar-refractivity contribution is 5.90. The van der Waals surface area contributed by atoms with Crippen LogP contribution in [0.2, 0.25) is 0 Å². The predicted molar refractivity (Wildman–Crippen MR) is 100 cm³/mol. The van der Waals surface area contributed by atoms with Crippen molar-refractivity contribution in [3.8, 4) is 22.3 Å². The fourth-order valence-electron chi connectivity index (χ4n) is 4.63. The number of benzene rings is 3. The van der Waals surface area contributed by atoms with Crippen LogP contribution in [0.4, 0.5) is 0 Å². The van der Waals surface area contributed by atoms with Crippen LogP contribution >= 0.6 is 0 Å². The molecule has 3 aromatic rings. The van der Waals surface area contributed by atoms with Crippen LogP contribution in [0, 0.1) is 6.92 Å². The largest absolute Gasteiger partial charge is 0.295 e. The highest BCUT2D eigenvalue weighted by atomic mass is 15.1. The fraction of sp³-hybridized carbons (Fsp3) is 0.217. The average Bonchev–Trinajstić information content (AvgIpc) is 2.74. The molecule has 1 aliphatic heterocycles. The number of fused-ring (bicyclic) bond motifs is 5. The Bertz CT molecular complexity index is 954. The van der Waals surface area contributed by atoms with Crippen LogP contribution in [-0.2, 0) is 6.42 Å². The summed E-state index contributed by atoms with van der Waals surface area (Å²) in [6.45, 7) is 3.38. The van der Waals surface area contributed by atoms with E-state index in [0.29, 0.717) is 6.04 Å². The van der Waals surface area contributed by atoms with Gasteiger partial charge >= 0.3 is 0 Å².